The predicted molar refractivity (Wildman–Crippen MR) is 96.1 cm³/mol. The highest BCUT2D eigenvalue weighted by Gasteiger charge is 2.17. The Morgan fingerprint density at radius 3 is 2.29 bits per heavy atom. The zero-order valence-corrected chi connectivity index (χ0v) is 14.6. The Hall–Kier alpha value is -2.49. The zero-order valence-electron chi connectivity index (χ0n) is 13.0. The van der Waals surface area contributed by atoms with Gasteiger partial charge < -0.3 is 10.6 Å². The second-order valence-corrected chi connectivity index (χ2v) is 6.33. The van der Waals surface area contributed by atoms with Crippen LogP contribution in [-0.2, 0) is 9.59 Å². The molecule has 24 heavy (non-hydrogen) atoms. The lowest BCUT2D eigenvalue weighted by atomic mass is 10.1. The number of thiocyanates is 1. The van der Waals surface area contributed by atoms with E-state index < -0.39 is 11.8 Å². The third-order valence-corrected chi connectivity index (χ3v) is 4.05. The quantitative estimate of drug-likeness (QED) is 0.491. The third kappa shape index (κ3) is 4.51. The largest absolute Gasteiger partial charge is 0.318 e. The number of aryl methyl sites for hydroxylation is 2. The molecule has 0 atom stereocenters. The maximum Gasteiger partial charge on any atom is 0.314 e. The van der Waals surface area contributed by atoms with Gasteiger partial charge in [-0.15, -0.1) is 0 Å². The number of carbonyl (C=O) groups excluding carboxylic acids is 2. The Kier molecular flexibility index (Phi) is 5.85. The molecule has 0 aromatic heterocycles. The van der Waals surface area contributed by atoms with Crippen LogP contribution >= 0.6 is 23.4 Å². The van der Waals surface area contributed by atoms with Crippen molar-refractivity contribution < 1.29 is 9.59 Å². The Bertz CT molecular complexity index is 806. The number of nitriles is 1. The van der Waals surface area contributed by atoms with Gasteiger partial charge in [-0.2, -0.15) is 5.26 Å². The van der Waals surface area contributed by atoms with Gasteiger partial charge in [0.2, 0.25) is 0 Å². The van der Waals surface area contributed by atoms with E-state index in [4.69, 9.17) is 16.9 Å². The summed E-state index contributed by atoms with van der Waals surface area (Å²) >= 11 is 7.13. The topological polar surface area (TPSA) is 82.0 Å². The van der Waals surface area contributed by atoms with Gasteiger partial charge in [-0.3, -0.25) is 9.59 Å². The summed E-state index contributed by atoms with van der Waals surface area (Å²) in [4.78, 5) is 24.8. The van der Waals surface area contributed by atoms with Gasteiger partial charge in [0.05, 0.1) is 10.7 Å². The summed E-state index contributed by atoms with van der Waals surface area (Å²) in [6.07, 6.45) is 0. The molecule has 0 radical (unpaired) electrons. The van der Waals surface area contributed by atoms with Crippen LogP contribution in [0.5, 0.6) is 0 Å². The van der Waals surface area contributed by atoms with Crippen LogP contribution in [0, 0.1) is 24.5 Å². The van der Waals surface area contributed by atoms with Crippen LogP contribution in [-0.4, -0.2) is 11.8 Å². The van der Waals surface area contributed by atoms with Gasteiger partial charge in [0, 0.05) is 10.6 Å². The highest BCUT2D eigenvalue weighted by molar-refractivity contribution is 8.03. The highest BCUT2D eigenvalue weighted by atomic mass is 35.5. The molecule has 7 heteroatoms. The van der Waals surface area contributed by atoms with Crippen molar-refractivity contribution in [2.24, 2.45) is 0 Å². The highest BCUT2D eigenvalue weighted by Crippen LogP contribution is 2.27. The lowest BCUT2D eigenvalue weighted by Crippen LogP contribution is -2.29. The summed E-state index contributed by atoms with van der Waals surface area (Å²) in [6.45, 7) is 3.70. The van der Waals surface area contributed by atoms with Gasteiger partial charge in [0.15, 0.2) is 0 Å². The molecule has 2 N–H and O–H groups in total. The van der Waals surface area contributed by atoms with Gasteiger partial charge in [0.25, 0.3) is 0 Å². The molecular weight excluding hydrogens is 346 g/mol. The summed E-state index contributed by atoms with van der Waals surface area (Å²) in [5, 5.41) is 15.9. The molecule has 0 aliphatic rings. The molecular formula is C17H14ClN3O2S. The zero-order chi connectivity index (χ0) is 17.7. The summed E-state index contributed by atoms with van der Waals surface area (Å²) < 4.78 is 0. The minimum absolute atomic E-state index is 0.381. The van der Waals surface area contributed by atoms with Crippen molar-refractivity contribution in [2.75, 3.05) is 10.6 Å². The van der Waals surface area contributed by atoms with Crippen LogP contribution < -0.4 is 10.6 Å². The molecule has 0 unspecified atom stereocenters. The Morgan fingerprint density at radius 1 is 1.08 bits per heavy atom. The van der Waals surface area contributed by atoms with Crippen molar-refractivity contribution in [1.82, 2.24) is 0 Å². The average Bonchev–Trinajstić information content (AvgIpc) is 2.52. The minimum Gasteiger partial charge on any atom is -0.318 e. The number of amides is 2. The van der Waals surface area contributed by atoms with Crippen LogP contribution in [0.2, 0.25) is 5.02 Å². The number of hydrogen-bond acceptors (Lipinski definition) is 4. The summed E-state index contributed by atoms with van der Waals surface area (Å²) in [7, 11) is 0. The van der Waals surface area contributed by atoms with Crippen molar-refractivity contribution in [2.45, 2.75) is 18.7 Å². The molecule has 2 aromatic rings. The first-order chi connectivity index (χ1) is 11.4. The van der Waals surface area contributed by atoms with E-state index in [0.717, 1.165) is 27.8 Å². The van der Waals surface area contributed by atoms with Crippen LogP contribution in [0.3, 0.4) is 0 Å². The van der Waals surface area contributed by atoms with Crippen LogP contribution in [0.25, 0.3) is 0 Å². The van der Waals surface area contributed by atoms with Gasteiger partial charge in [-0.05, 0) is 67.1 Å². The Labute approximate surface area is 149 Å². The molecule has 0 aliphatic carbocycles. The van der Waals surface area contributed by atoms with E-state index in [1.165, 1.54) is 0 Å². The first kappa shape index (κ1) is 17.9. The summed E-state index contributed by atoms with van der Waals surface area (Å²) in [6, 6.07) is 10.2. The van der Waals surface area contributed by atoms with E-state index >= 15 is 0 Å². The number of benzene rings is 2. The van der Waals surface area contributed by atoms with E-state index in [9.17, 15) is 9.59 Å². The first-order valence-electron chi connectivity index (χ1n) is 6.96. The van der Waals surface area contributed by atoms with E-state index in [1.807, 2.05) is 18.4 Å². The predicted octanol–water partition coefficient (Wildman–Crippen LogP) is 4.11. The number of nitrogens with zero attached hydrogens (tertiary/aromatic N) is 1. The molecule has 5 nitrogen and oxygen atoms in total. The fourth-order valence-electron chi connectivity index (χ4n) is 2.09. The number of hydrogen-bond donors (Lipinski definition) is 2. The minimum atomic E-state index is -0.806. The standard InChI is InChI=1S/C17H14ClN3O2S/c1-10-7-11(2)15(14(18)8-10)21-17(23)16(22)20-12-3-5-13(6-4-12)24-9-19/h3-8H,1-2H3,(H,20,22)(H,21,23). The molecule has 0 fully saturated rings. The lowest BCUT2D eigenvalue weighted by molar-refractivity contribution is -0.133. The number of nitrogens with one attached hydrogen (secondary N) is 2. The molecule has 0 aliphatic heterocycles. The van der Waals surface area contributed by atoms with E-state index in [2.05, 4.69) is 10.6 Å². The molecule has 0 saturated heterocycles. The van der Waals surface area contributed by atoms with Crippen molar-refractivity contribution in [3.63, 3.8) is 0 Å². The smallest absolute Gasteiger partial charge is 0.314 e. The summed E-state index contributed by atoms with van der Waals surface area (Å²) in [5.41, 5.74) is 2.63. The second-order valence-electron chi connectivity index (χ2n) is 5.06. The second kappa shape index (κ2) is 7.86. The number of thioether (sulfide) groups is 1. The Morgan fingerprint density at radius 2 is 1.71 bits per heavy atom. The monoisotopic (exact) mass is 359 g/mol. The lowest BCUT2D eigenvalue weighted by Gasteiger charge is -2.11. The first-order valence-corrected chi connectivity index (χ1v) is 8.15. The molecule has 0 bridgehead atoms. The molecule has 0 spiro atoms. The molecule has 2 amide bonds. The molecule has 2 rings (SSSR count). The Balaban J connectivity index is 2.05. The van der Waals surface area contributed by atoms with E-state index in [-0.39, 0.29) is 0 Å². The molecule has 122 valence electrons. The average molecular weight is 360 g/mol. The summed E-state index contributed by atoms with van der Waals surface area (Å²) in [5.74, 6) is -1.61. The fourth-order valence-corrected chi connectivity index (χ4v) is 2.84. The number of carbonyl (C=O) groups is 2. The van der Waals surface area contributed by atoms with Crippen molar-refractivity contribution in [3.8, 4) is 5.40 Å². The van der Waals surface area contributed by atoms with Crippen LogP contribution in [0.15, 0.2) is 41.3 Å². The third-order valence-electron chi connectivity index (χ3n) is 3.15. The van der Waals surface area contributed by atoms with Gasteiger partial charge >= 0.3 is 11.8 Å². The van der Waals surface area contributed by atoms with Crippen LogP contribution in [0.4, 0.5) is 11.4 Å². The number of anilines is 2. The molecule has 2 aromatic carbocycles. The van der Waals surface area contributed by atoms with Gasteiger partial charge in [-0.1, -0.05) is 17.7 Å². The van der Waals surface area contributed by atoms with Gasteiger partial charge in [0.1, 0.15) is 5.40 Å². The van der Waals surface area contributed by atoms with Crippen molar-refractivity contribution in [3.05, 3.63) is 52.5 Å². The fraction of sp³-hybridized carbons (Fsp3) is 0.118. The SMILES string of the molecule is Cc1cc(C)c(NC(=O)C(=O)Nc2ccc(SC#N)cc2)c(Cl)c1. The van der Waals surface area contributed by atoms with Crippen molar-refractivity contribution in [1.29, 1.82) is 5.26 Å². The van der Waals surface area contributed by atoms with Crippen molar-refractivity contribution >= 4 is 46.6 Å². The maximum absolute atomic E-state index is 12.0. The number of halogens is 1. The maximum atomic E-state index is 12.0. The van der Waals surface area contributed by atoms with Gasteiger partial charge in [-0.25, -0.2) is 0 Å². The van der Waals surface area contributed by atoms with Crippen LogP contribution in [0.1, 0.15) is 11.1 Å². The number of rotatable bonds is 3. The molecule has 0 saturated carbocycles. The molecule has 0 heterocycles. The normalized spacial score (nSPS) is 9.92. The van der Waals surface area contributed by atoms with E-state index in [1.54, 1.807) is 37.3 Å². The van der Waals surface area contributed by atoms with E-state index in [0.29, 0.717) is 16.4 Å².